The average Bonchev–Trinajstić information content (AvgIpc) is 2.93. The Morgan fingerprint density at radius 3 is 2.52 bits per heavy atom. The Labute approximate surface area is 133 Å². The van der Waals surface area contributed by atoms with E-state index in [-0.39, 0.29) is 6.10 Å². The van der Waals surface area contributed by atoms with Gasteiger partial charge in [0.15, 0.2) is 0 Å². The molecule has 0 spiro atoms. The van der Waals surface area contributed by atoms with Crippen molar-refractivity contribution in [2.75, 3.05) is 12.3 Å². The highest BCUT2D eigenvalue weighted by Crippen LogP contribution is 2.33. The lowest BCUT2D eigenvalue weighted by atomic mass is 10.2. The van der Waals surface area contributed by atoms with Gasteiger partial charge in [0.25, 0.3) is 5.89 Å². The maximum absolute atomic E-state index is 6.01. The highest BCUT2D eigenvalue weighted by Gasteiger charge is 2.19. The molecule has 7 heteroatoms. The van der Waals surface area contributed by atoms with Crippen molar-refractivity contribution in [2.45, 2.75) is 32.8 Å². The molecule has 0 bridgehead atoms. The van der Waals surface area contributed by atoms with E-state index >= 15 is 0 Å². The molecular formula is C14H17Cl2N3O2. The number of nitrogens with zero attached hydrogens (tertiary/aromatic N) is 2. The molecule has 0 saturated carbocycles. The van der Waals surface area contributed by atoms with Gasteiger partial charge in [0, 0.05) is 12.2 Å². The third-order valence-electron chi connectivity index (χ3n) is 2.97. The van der Waals surface area contributed by atoms with E-state index in [0.717, 1.165) is 12.8 Å². The van der Waals surface area contributed by atoms with E-state index in [1.807, 2.05) is 6.92 Å². The van der Waals surface area contributed by atoms with Crippen molar-refractivity contribution in [3.8, 4) is 11.5 Å². The molecule has 2 aromatic rings. The molecule has 1 aromatic carbocycles. The van der Waals surface area contributed by atoms with E-state index in [2.05, 4.69) is 17.1 Å². The number of halogens is 2. The van der Waals surface area contributed by atoms with Crippen LogP contribution in [0.4, 0.5) is 5.69 Å². The minimum absolute atomic E-state index is 0.169. The average molecular weight is 330 g/mol. The number of rotatable bonds is 6. The highest BCUT2D eigenvalue weighted by atomic mass is 35.5. The summed E-state index contributed by atoms with van der Waals surface area (Å²) in [6, 6.07) is 3.30. The summed E-state index contributed by atoms with van der Waals surface area (Å²) in [6.07, 6.45) is 1.63. The summed E-state index contributed by atoms with van der Waals surface area (Å²) in [4.78, 5) is 4.37. The molecule has 0 amide bonds. The molecule has 0 saturated heterocycles. The number of benzene rings is 1. The van der Waals surface area contributed by atoms with Gasteiger partial charge in [-0.3, -0.25) is 0 Å². The first-order valence-electron chi connectivity index (χ1n) is 6.76. The second-order valence-electron chi connectivity index (χ2n) is 4.54. The number of nitrogens with two attached hydrogens (primary N) is 1. The van der Waals surface area contributed by atoms with Gasteiger partial charge in [0.05, 0.1) is 15.7 Å². The van der Waals surface area contributed by atoms with E-state index in [1.54, 1.807) is 12.1 Å². The fourth-order valence-corrected chi connectivity index (χ4v) is 2.43. The summed E-state index contributed by atoms with van der Waals surface area (Å²) in [6.45, 7) is 4.60. The number of ether oxygens (including phenoxy) is 1. The van der Waals surface area contributed by atoms with Crippen LogP contribution in [0.3, 0.4) is 0 Å². The molecule has 1 aromatic heterocycles. The number of hydrogen-bond donors (Lipinski definition) is 1. The summed E-state index contributed by atoms with van der Waals surface area (Å²) in [5, 5.41) is 4.69. The Morgan fingerprint density at radius 2 is 1.95 bits per heavy atom. The SMILES string of the molecule is CCCC(OCC)c1noc(-c2cc(Cl)c(N)c(Cl)c2)n1. The lowest BCUT2D eigenvalue weighted by Gasteiger charge is -2.11. The molecular weight excluding hydrogens is 313 g/mol. The monoisotopic (exact) mass is 329 g/mol. The maximum atomic E-state index is 6.01. The van der Waals surface area contributed by atoms with Gasteiger partial charge in [0.1, 0.15) is 6.10 Å². The zero-order valence-electron chi connectivity index (χ0n) is 11.9. The first-order valence-corrected chi connectivity index (χ1v) is 7.52. The molecule has 114 valence electrons. The first-order chi connectivity index (χ1) is 10.1. The molecule has 1 heterocycles. The summed E-state index contributed by atoms with van der Waals surface area (Å²) >= 11 is 12.0. The molecule has 1 atom stereocenters. The van der Waals surface area contributed by atoms with Gasteiger partial charge in [-0.1, -0.05) is 41.7 Å². The smallest absolute Gasteiger partial charge is 0.258 e. The zero-order chi connectivity index (χ0) is 15.4. The Morgan fingerprint density at radius 1 is 1.29 bits per heavy atom. The Kier molecular flexibility index (Phi) is 5.45. The minimum atomic E-state index is -0.169. The Balaban J connectivity index is 2.30. The van der Waals surface area contributed by atoms with Crippen LogP contribution in [0.25, 0.3) is 11.5 Å². The van der Waals surface area contributed by atoms with Crippen LogP contribution in [0.2, 0.25) is 10.0 Å². The fraction of sp³-hybridized carbons (Fsp3) is 0.429. The third-order valence-corrected chi connectivity index (χ3v) is 3.60. The van der Waals surface area contributed by atoms with Crippen molar-refractivity contribution >= 4 is 28.9 Å². The van der Waals surface area contributed by atoms with Gasteiger partial charge < -0.3 is 15.0 Å². The maximum Gasteiger partial charge on any atom is 0.258 e. The van der Waals surface area contributed by atoms with Crippen LogP contribution >= 0.6 is 23.2 Å². The topological polar surface area (TPSA) is 74.2 Å². The van der Waals surface area contributed by atoms with E-state index < -0.39 is 0 Å². The number of nitrogen functional groups attached to an aromatic ring is 1. The molecule has 5 nitrogen and oxygen atoms in total. The largest absolute Gasteiger partial charge is 0.396 e. The van der Waals surface area contributed by atoms with Crippen LogP contribution in [0, 0.1) is 0 Å². The molecule has 2 N–H and O–H groups in total. The summed E-state index contributed by atoms with van der Waals surface area (Å²) in [5.41, 5.74) is 6.67. The quantitative estimate of drug-likeness (QED) is 0.789. The van der Waals surface area contributed by atoms with E-state index in [1.165, 1.54) is 0 Å². The fourth-order valence-electron chi connectivity index (χ4n) is 1.94. The predicted molar refractivity (Wildman–Crippen MR) is 83.4 cm³/mol. The van der Waals surface area contributed by atoms with Crippen molar-refractivity contribution in [1.29, 1.82) is 0 Å². The van der Waals surface area contributed by atoms with Gasteiger partial charge in [-0.2, -0.15) is 4.98 Å². The standard InChI is InChI=1S/C14H17Cl2N3O2/c1-3-5-11(20-4-2)13-18-14(21-19-13)8-6-9(15)12(17)10(16)7-8/h6-7,11H,3-5,17H2,1-2H3. The van der Waals surface area contributed by atoms with Crippen LogP contribution in [0.5, 0.6) is 0 Å². The zero-order valence-corrected chi connectivity index (χ0v) is 13.4. The van der Waals surface area contributed by atoms with Crippen molar-refractivity contribution in [3.63, 3.8) is 0 Å². The molecule has 2 rings (SSSR count). The van der Waals surface area contributed by atoms with Crippen LogP contribution < -0.4 is 5.73 Å². The Hall–Kier alpha value is -1.30. The molecule has 21 heavy (non-hydrogen) atoms. The summed E-state index contributed by atoms with van der Waals surface area (Å²) in [7, 11) is 0. The number of anilines is 1. The van der Waals surface area contributed by atoms with Crippen LogP contribution in [0.15, 0.2) is 16.7 Å². The van der Waals surface area contributed by atoms with E-state index in [9.17, 15) is 0 Å². The summed E-state index contributed by atoms with van der Waals surface area (Å²) in [5.74, 6) is 0.868. The molecule has 0 aliphatic heterocycles. The van der Waals surface area contributed by atoms with Crippen LogP contribution in [0.1, 0.15) is 38.6 Å². The number of hydrogen-bond acceptors (Lipinski definition) is 5. The third kappa shape index (κ3) is 3.67. The Bertz CT molecular complexity index is 587. The van der Waals surface area contributed by atoms with Gasteiger partial charge in [-0.25, -0.2) is 0 Å². The lowest BCUT2D eigenvalue weighted by molar-refractivity contribution is 0.0478. The molecule has 0 radical (unpaired) electrons. The lowest BCUT2D eigenvalue weighted by Crippen LogP contribution is -2.05. The second-order valence-corrected chi connectivity index (χ2v) is 5.36. The minimum Gasteiger partial charge on any atom is -0.396 e. The van der Waals surface area contributed by atoms with E-state index in [0.29, 0.717) is 39.6 Å². The molecule has 0 aliphatic carbocycles. The predicted octanol–water partition coefficient (Wildman–Crippen LogP) is 4.50. The summed E-state index contributed by atoms with van der Waals surface area (Å²) < 4.78 is 10.9. The second kappa shape index (κ2) is 7.11. The van der Waals surface area contributed by atoms with Crippen molar-refractivity contribution in [1.82, 2.24) is 10.1 Å². The van der Waals surface area contributed by atoms with Gasteiger partial charge >= 0.3 is 0 Å². The highest BCUT2D eigenvalue weighted by molar-refractivity contribution is 6.39. The number of aromatic nitrogens is 2. The van der Waals surface area contributed by atoms with Crippen LogP contribution in [-0.4, -0.2) is 16.7 Å². The first kappa shape index (κ1) is 16.1. The molecule has 1 unspecified atom stereocenters. The van der Waals surface area contributed by atoms with Gasteiger partial charge in [-0.15, -0.1) is 0 Å². The normalized spacial score (nSPS) is 12.6. The van der Waals surface area contributed by atoms with Crippen LogP contribution in [-0.2, 0) is 4.74 Å². The van der Waals surface area contributed by atoms with Gasteiger partial charge in [-0.05, 0) is 25.5 Å². The molecule has 0 aliphatic rings. The van der Waals surface area contributed by atoms with Crippen molar-refractivity contribution in [3.05, 3.63) is 28.0 Å². The van der Waals surface area contributed by atoms with Gasteiger partial charge in [0.2, 0.25) is 5.82 Å². The van der Waals surface area contributed by atoms with Crippen molar-refractivity contribution < 1.29 is 9.26 Å². The van der Waals surface area contributed by atoms with E-state index in [4.69, 9.17) is 38.2 Å². The van der Waals surface area contributed by atoms with Crippen molar-refractivity contribution in [2.24, 2.45) is 0 Å². The molecule has 0 fully saturated rings.